The van der Waals surface area contributed by atoms with Gasteiger partial charge in [-0.15, -0.1) is 0 Å². The van der Waals surface area contributed by atoms with Crippen LogP contribution in [0.4, 0.5) is 5.69 Å². The molecule has 9 heteroatoms. The lowest BCUT2D eigenvalue weighted by molar-refractivity contribution is -0.384. The standard InChI is InChI=1S/C14H9BrClN3O4/c15-9-3-1-2-8(6-9)13(17)18-23-14(20)11-5-4-10(19(21)22)7-12(11)16/h1-7H,(H2,17,18). The second kappa shape index (κ2) is 7.21. The molecule has 23 heavy (non-hydrogen) atoms. The minimum atomic E-state index is -0.872. The summed E-state index contributed by atoms with van der Waals surface area (Å²) in [4.78, 5) is 26.6. The Morgan fingerprint density at radius 2 is 2.04 bits per heavy atom. The SMILES string of the molecule is N/C(=N\OC(=O)c1ccc([N+](=O)[O-])cc1Cl)c1cccc(Br)c1. The van der Waals surface area contributed by atoms with E-state index in [0.717, 1.165) is 16.6 Å². The fourth-order valence-corrected chi connectivity index (χ4v) is 2.27. The number of nitro benzene ring substituents is 1. The monoisotopic (exact) mass is 397 g/mol. The van der Waals surface area contributed by atoms with E-state index in [9.17, 15) is 14.9 Å². The molecule has 7 nitrogen and oxygen atoms in total. The smallest absolute Gasteiger partial charge is 0.367 e. The van der Waals surface area contributed by atoms with Crippen molar-refractivity contribution in [2.75, 3.05) is 0 Å². The summed E-state index contributed by atoms with van der Waals surface area (Å²) in [6, 6.07) is 10.3. The third-order valence-corrected chi connectivity index (χ3v) is 3.54. The predicted molar refractivity (Wildman–Crippen MR) is 88.4 cm³/mol. The van der Waals surface area contributed by atoms with Gasteiger partial charge in [0.25, 0.3) is 5.69 Å². The third kappa shape index (κ3) is 4.27. The van der Waals surface area contributed by atoms with Crippen LogP contribution in [0.25, 0.3) is 0 Å². The largest absolute Gasteiger partial charge is 0.380 e. The van der Waals surface area contributed by atoms with E-state index in [2.05, 4.69) is 21.1 Å². The van der Waals surface area contributed by atoms with Gasteiger partial charge in [-0.25, -0.2) is 4.79 Å². The van der Waals surface area contributed by atoms with Crippen LogP contribution in [-0.4, -0.2) is 16.7 Å². The maximum absolute atomic E-state index is 11.9. The maximum atomic E-state index is 11.9. The first-order valence-corrected chi connectivity index (χ1v) is 7.30. The van der Waals surface area contributed by atoms with Gasteiger partial charge in [0.1, 0.15) is 0 Å². The Hall–Kier alpha value is -2.45. The van der Waals surface area contributed by atoms with E-state index in [1.165, 1.54) is 6.07 Å². The van der Waals surface area contributed by atoms with Crippen molar-refractivity contribution in [3.63, 3.8) is 0 Å². The van der Waals surface area contributed by atoms with Gasteiger partial charge in [0.05, 0.1) is 15.5 Å². The number of rotatable bonds is 4. The minimum Gasteiger partial charge on any atom is -0.380 e. The number of carbonyl (C=O) groups is 1. The second-order valence-corrected chi connectivity index (χ2v) is 5.61. The highest BCUT2D eigenvalue weighted by Crippen LogP contribution is 2.23. The van der Waals surface area contributed by atoms with Crippen LogP contribution >= 0.6 is 27.5 Å². The van der Waals surface area contributed by atoms with Gasteiger partial charge in [0, 0.05) is 22.2 Å². The van der Waals surface area contributed by atoms with Crippen LogP contribution in [0.15, 0.2) is 52.1 Å². The Bertz CT molecular complexity index is 810. The zero-order chi connectivity index (χ0) is 17.0. The summed E-state index contributed by atoms with van der Waals surface area (Å²) in [5.74, 6) is -0.875. The second-order valence-electron chi connectivity index (χ2n) is 4.29. The van der Waals surface area contributed by atoms with E-state index in [-0.39, 0.29) is 22.1 Å². The van der Waals surface area contributed by atoms with Gasteiger partial charge < -0.3 is 10.6 Å². The number of hydrogen-bond acceptors (Lipinski definition) is 5. The van der Waals surface area contributed by atoms with Crippen molar-refractivity contribution in [2.45, 2.75) is 0 Å². The summed E-state index contributed by atoms with van der Waals surface area (Å²) in [5, 5.41) is 14.1. The Kier molecular flexibility index (Phi) is 5.30. The molecule has 0 unspecified atom stereocenters. The van der Waals surface area contributed by atoms with Crippen LogP contribution in [0.2, 0.25) is 5.02 Å². The molecule has 0 atom stereocenters. The van der Waals surface area contributed by atoms with Gasteiger partial charge in [-0.1, -0.05) is 44.8 Å². The summed E-state index contributed by atoms with van der Waals surface area (Å²) < 4.78 is 0.790. The fraction of sp³-hybridized carbons (Fsp3) is 0. The quantitative estimate of drug-likeness (QED) is 0.279. The molecule has 0 fully saturated rings. The number of nitrogens with two attached hydrogens (primary N) is 1. The van der Waals surface area contributed by atoms with Crippen LogP contribution in [-0.2, 0) is 4.84 Å². The highest BCUT2D eigenvalue weighted by Gasteiger charge is 2.16. The highest BCUT2D eigenvalue weighted by molar-refractivity contribution is 9.10. The third-order valence-electron chi connectivity index (χ3n) is 2.73. The lowest BCUT2D eigenvalue weighted by atomic mass is 10.2. The number of oxime groups is 1. The van der Waals surface area contributed by atoms with Gasteiger partial charge in [-0.2, -0.15) is 0 Å². The first kappa shape index (κ1) is 16.9. The first-order valence-electron chi connectivity index (χ1n) is 6.13. The number of halogens is 2. The molecule has 118 valence electrons. The number of benzene rings is 2. The van der Waals surface area contributed by atoms with Crippen LogP contribution in [0.1, 0.15) is 15.9 Å². The molecule has 2 N–H and O–H groups in total. The summed E-state index contributed by atoms with van der Waals surface area (Å²) in [5.41, 5.74) is 5.99. The van der Waals surface area contributed by atoms with Crippen LogP contribution in [0.3, 0.4) is 0 Å². The zero-order valence-electron chi connectivity index (χ0n) is 11.4. The molecule has 0 saturated carbocycles. The Labute approximate surface area is 144 Å². The highest BCUT2D eigenvalue weighted by atomic mass is 79.9. The number of nitro groups is 1. The summed E-state index contributed by atoms with van der Waals surface area (Å²) in [6.45, 7) is 0. The lowest BCUT2D eigenvalue weighted by Crippen LogP contribution is -2.15. The van der Waals surface area contributed by atoms with Gasteiger partial charge in [0.15, 0.2) is 5.84 Å². The van der Waals surface area contributed by atoms with E-state index in [1.807, 2.05) is 0 Å². The van der Waals surface area contributed by atoms with E-state index < -0.39 is 10.9 Å². The van der Waals surface area contributed by atoms with Gasteiger partial charge in [-0.05, 0) is 18.2 Å². The summed E-state index contributed by atoms with van der Waals surface area (Å²) >= 11 is 9.11. The van der Waals surface area contributed by atoms with Gasteiger partial charge >= 0.3 is 5.97 Å². The molecule has 0 aliphatic heterocycles. The Balaban J connectivity index is 2.16. The molecule has 2 aromatic carbocycles. The van der Waals surface area contributed by atoms with E-state index in [0.29, 0.717) is 5.56 Å². The fourth-order valence-electron chi connectivity index (χ4n) is 1.62. The van der Waals surface area contributed by atoms with Gasteiger partial charge in [-0.3, -0.25) is 10.1 Å². The molecule has 0 aliphatic rings. The summed E-state index contributed by atoms with van der Waals surface area (Å²) in [6.07, 6.45) is 0. The predicted octanol–water partition coefficient (Wildman–Crippen LogP) is 3.49. The van der Waals surface area contributed by atoms with Crippen LogP contribution in [0.5, 0.6) is 0 Å². The molecular weight excluding hydrogens is 390 g/mol. The van der Waals surface area contributed by atoms with E-state index >= 15 is 0 Å². The normalized spacial score (nSPS) is 11.1. The number of hydrogen-bond donors (Lipinski definition) is 1. The molecule has 0 saturated heterocycles. The zero-order valence-corrected chi connectivity index (χ0v) is 13.7. The number of amidine groups is 1. The molecule has 0 spiro atoms. The van der Waals surface area contributed by atoms with Crippen molar-refractivity contribution in [2.24, 2.45) is 10.9 Å². The van der Waals surface area contributed by atoms with Crippen molar-refractivity contribution in [1.29, 1.82) is 0 Å². The number of non-ortho nitro benzene ring substituents is 1. The molecular formula is C14H9BrClN3O4. The maximum Gasteiger partial charge on any atom is 0.367 e. The topological polar surface area (TPSA) is 108 Å². The van der Waals surface area contributed by atoms with Gasteiger partial charge in [0.2, 0.25) is 0 Å². The summed E-state index contributed by atoms with van der Waals surface area (Å²) in [7, 11) is 0. The van der Waals surface area contributed by atoms with Crippen molar-refractivity contribution >= 4 is 45.0 Å². The average molecular weight is 399 g/mol. The van der Waals surface area contributed by atoms with Crippen molar-refractivity contribution in [1.82, 2.24) is 0 Å². The minimum absolute atomic E-state index is 0.00214. The van der Waals surface area contributed by atoms with Crippen molar-refractivity contribution in [3.05, 3.63) is 73.2 Å². The molecule has 0 aromatic heterocycles. The van der Waals surface area contributed by atoms with E-state index in [4.69, 9.17) is 22.2 Å². The lowest BCUT2D eigenvalue weighted by Gasteiger charge is -2.03. The molecule has 0 radical (unpaired) electrons. The van der Waals surface area contributed by atoms with Crippen LogP contribution < -0.4 is 5.73 Å². The van der Waals surface area contributed by atoms with Crippen molar-refractivity contribution < 1.29 is 14.6 Å². The average Bonchev–Trinajstić information content (AvgIpc) is 2.52. The molecule has 0 bridgehead atoms. The molecule has 0 aliphatic carbocycles. The molecule has 0 amide bonds. The molecule has 2 rings (SSSR count). The Morgan fingerprint density at radius 1 is 1.30 bits per heavy atom. The van der Waals surface area contributed by atoms with Crippen molar-refractivity contribution in [3.8, 4) is 0 Å². The molecule has 0 heterocycles. The Morgan fingerprint density at radius 3 is 2.65 bits per heavy atom. The number of carbonyl (C=O) groups excluding carboxylic acids is 1. The van der Waals surface area contributed by atoms with E-state index in [1.54, 1.807) is 24.3 Å². The van der Waals surface area contributed by atoms with Crippen LogP contribution in [0, 0.1) is 10.1 Å². The first-order chi connectivity index (χ1) is 10.9. The number of nitrogens with zero attached hydrogens (tertiary/aromatic N) is 2. The molecule has 2 aromatic rings.